The van der Waals surface area contributed by atoms with Gasteiger partial charge in [0.2, 0.25) is 0 Å². The van der Waals surface area contributed by atoms with Crippen LogP contribution in [0.1, 0.15) is 30.0 Å². The van der Waals surface area contributed by atoms with Gasteiger partial charge in [-0.15, -0.1) is 5.53 Å². The number of anilines is 3. The zero-order chi connectivity index (χ0) is 23.3. The minimum atomic E-state index is -0.512. The van der Waals surface area contributed by atoms with Gasteiger partial charge in [0.1, 0.15) is 11.6 Å². The van der Waals surface area contributed by atoms with E-state index in [0.29, 0.717) is 22.7 Å². The number of halogens is 2. The fourth-order valence-electron chi connectivity index (χ4n) is 4.59. The van der Waals surface area contributed by atoms with E-state index in [1.165, 1.54) is 18.2 Å². The average molecular weight is 455 g/mol. The molecule has 3 aliphatic rings. The van der Waals surface area contributed by atoms with Crippen LogP contribution in [0.2, 0.25) is 0 Å². The third-order valence-corrected chi connectivity index (χ3v) is 6.51. The van der Waals surface area contributed by atoms with Crippen LogP contribution in [0.25, 0.3) is 5.57 Å². The minimum absolute atomic E-state index is 0.0680. The van der Waals surface area contributed by atoms with Crippen LogP contribution in [0.4, 0.5) is 25.8 Å². The van der Waals surface area contributed by atoms with E-state index in [-0.39, 0.29) is 17.5 Å². The van der Waals surface area contributed by atoms with E-state index in [1.807, 2.05) is 19.1 Å². The van der Waals surface area contributed by atoms with Crippen molar-refractivity contribution in [2.45, 2.75) is 24.9 Å². The normalized spacial score (nSPS) is 21.0. The predicted molar refractivity (Wildman–Crippen MR) is 127 cm³/mol. The Hall–Kier alpha value is -3.37. The van der Waals surface area contributed by atoms with Crippen LogP contribution in [0.3, 0.4) is 0 Å². The Morgan fingerprint density at radius 3 is 2.39 bits per heavy atom. The second kappa shape index (κ2) is 8.20. The number of hydrogen-bond donors (Lipinski definition) is 4. The van der Waals surface area contributed by atoms with Crippen LogP contribution in [0, 0.1) is 11.6 Å². The van der Waals surface area contributed by atoms with Crippen molar-refractivity contribution in [3.8, 4) is 0 Å². The Morgan fingerprint density at radius 2 is 1.70 bits per heavy atom. The number of nitrogens with two attached hydrogens (primary N) is 2. The second-order valence-electron chi connectivity index (χ2n) is 8.76. The summed E-state index contributed by atoms with van der Waals surface area (Å²) in [4.78, 5) is 6.75. The molecular formula is C23H28F2N8. The SMILES string of the molecule is CN1NN(C)c2cc(C3=CN=C(N4CCC(N)CC4)NC3c3ccc(N)c(F)c3)c(F)cc21. The van der Waals surface area contributed by atoms with Crippen molar-refractivity contribution in [3.05, 3.63) is 59.3 Å². The molecule has 2 aromatic carbocycles. The molecule has 0 spiro atoms. The summed E-state index contributed by atoms with van der Waals surface area (Å²) in [5.74, 6) is -0.219. The van der Waals surface area contributed by atoms with Crippen molar-refractivity contribution in [1.29, 1.82) is 0 Å². The number of nitrogen functional groups attached to an aromatic ring is 1. The van der Waals surface area contributed by atoms with Gasteiger partial charge >= 0.3 is 0 Å². The van der Waals surface area contributed by atoms with Crippen molar-refractivity contribution in [2.24, 2.45) is 10.7 Å². The van der Waals surface area contributed by atoms with E-state index in [2.05, 4.69) is 20.7 Å². The zero-order valence-electron chi connectivity index (χ0n) is 18.6. The lowest BCUT2D eigenvalue weighted by Crippen LogP contribution is -2.49. The van der Waals surface area contributed by atoms with Crippen molar-refractivity contribution >= 4 is 28.6 Å². The number of rotatable bonds is 2. The van der Waals surface area contributed by atoms with Gasteiger partial charge in [-0.25, -0.2) is 13.8 Å². The first kappa shape index (κ1) is 21.5. The highest BCUT2D eigenvalue weighted by Crippen LogP contribution is 2.40. The Kier molecular flexibility index (Phi) is 5.34. The molecule has 0 bridgehead atoms. The molecule has 2 aromatic rings. The lowest BCUT2D eigenvalue weighted by atomic mass is 9.91. The highest BCUT2D eigenvalue weighted by molar-refractivity contribution is 5.90. The third-order valence-electron chi connectivity index (χ3n) is 6.51. The second-order valence-corrected chi connectivity index (χ2v) is 8.76. The number of guanidine groups is 1. The summed E-state index contributed by atoms with van der Waals surface area (Å²) in [6, 6.07) is 7.63. The lowest BCUT2D eigenvalue weighted by Gasteiger charge is -2.37. The first-order chi connectivity index (χ1) is 15.8. The topological polar surface area (TPSA) is 98.2 Å². The number of piperidine rings is 1. The number of fused-ring (bicyclic) bond motifs is 1. The monoisotopic (exact) mass is 454 g/mol. The van der Waals surface area contributed by atoms with Crippen molar-refractivity contribution in [1.82, 2.24) is 15.8 Å². The molecule has 0 amide bonds. The van der Waals surface area contributed by atoms with E-state index in [1.54, 1.807) is 23.3 Å². The molecule has 0 radical (unpaired) electrons. The van der Waals surface area contributed by atoms with Gasteiger partial charge in [0.15, 0.2) is 5.96 Å². The highest BCUT2D eigenvalue weighted by atomic mass is 19.1. The Balaban J connectivity index is 1.58. The van der Waals surface area contributed by atoms with Gasteiger partial charge in [-0.2, -0.15) is 0 Å². The molecule has 174 valence electrons. The van der Waals surface area contributed by atoms with Crippen LogP contribution in [-0.2, 0) is 0 Å². The summed E-state index contributed by atoms with van der Waals surface area (Å²) in [5, 5.41) is 6.99. The van der Waals surface area contributed by atoms with Gasteiger partial charge in [-0.05, 0) is 36.6 Å². The molecule has 3 aliphatic heterocycles. The number of hydrogen-bond acceptors (Lipinski definition) is 8. The van der Waals surface area contributed by atoms with Crippen LogP contribution in [0.15, 0.2) is 41.5 Å². The third kappa shape index (κ3) is 3.85. The fourth-order valence-corrected chi connectivity index (χ4v) is 4.59. The van der Waals surface area contributed by atoms with Gasteiger partial charge in [0, 0.05) is 56.6 Å². The molecule has 3 heterocycles. The summed E-state index contributed by atoms with van der Waals surface area (Å²) in [6.07, 6.45) is 3.41. The maximum Gasteiger partial charge on any atom is 0.199 e. The van der Waals surface area contributed by atoms with Crippen LogP contribution < -0.4 is 32.3 Å². The number of likely N-dealkylation sites (tertiary alicyclic amines) is 1. The molecule has 1 atom stereocenters. The molecule has 1 unspecified atom stereocenters. The van der Waals surface area contributed by atoms with Crippen molar-refractivity contribution < 1.29 is 8.78 Å². The van der Waals surface area contributed by atoms with Gasteiger partial charge in [0.05, 0.1) is 23.1 Å². The molecule has 10 heteroatoms. The fraction of sp³-hybridized carbons (Fsp3) is 0.348. The smallest absolute Gasteiger partial charge is 0.199 e. The summed E-state index contributed by atoms with van der Waals surface area (Å²) >= 11 is 0. The summed E-state index contributed by atoms with van der Waals surface area (Å²) in [6.45, 7) is 1.55. The number of hydrazine groups is 2. The molecular weight excluding hydrogens is 426 g/mol. The maximum atomic E-state index is 15.3. The van der Waals surface area contributed by atoms with Gasteiger partial charge in [-0.3, -0.25) is 10.0 Å². The summed E-state index contributed by atoms with van der Waals surface area (Å²) < 4.78 is 29.7. The summed E-state index contributed by atoms with van der Waals surface area (Å²) in [7, 11) is 3.69. The molecule has 0 aromatic heterocycles. The number of aliphatic imine (C=N–C) groups is 1. The Labute approximate surface area is 191 Å². The van der Waals surface area contributed by atoms with Crippen LogP contribution in [-0.4, -0.2) is 44.1 Å². The van der Waals surface area contributed by atoms with Gasteiger partial charge in [-0.1, -0.05) is 6.07 Å². The van der Waals surface area contributed by atoms with Crippen molar-refractivity contribution in [2.75, 3.05) is 42.9 Å². The largest absolute Gasteiger partial charge is 0.396 e. The quantitative estimate of drug-likeness (QED) is 0.517. The molecule has 0 saturated carbocycles. The van der Waals surface area contributed by atoms with E-state index in [9.17, 15) is 4.39 Å². The van der Waals surface area contributed by atoms with Gasteiger partial charge in [0.25, 0.3) is 0 Å². The van der Waals surface area contributed by atoms with E-state index >= 15 is 4.39 Å². The van der Waals surface area contributed by atoms with Crippen LogP contribution in [0.5, 0.6) is 0 Å². The molecule has 8 nitrogen and oxygen atoms in total. The molecule has 6 N–H and O–H groups in total. The molecule has 5 rings (SSSR count). The van der Waals surface area contributed by atoms with E-state index < -0.39 is 11.9 Å². The van der Waals surface area contributed by atoms with Crippen molar-refractivity contribution in [3.63, 3.8) is 0 Å². The van der Waals surface area contributed by atoms with E-state index in [4.69, 9.17) is 11.5 Å². The Bertz CT molecular complexity index is 1140. The zero-order valence-corrected chi connectivity index (χ0v) is 18.6. The molecule has 1 fully saturated rings. The molecule has 33 heavy (non-hydrogen) atoms. The lowest BCUT2D eigenvalue weighted by molar-refractivity contribution is 0.303. The highest BCUT2D eigenvalue weighted by Gasteiger charge is 2.31. The Morgan fingerprint density at radius 1 is 1.00 bits per heavy atom. The first-order valence-electron chi connectivity index (χ1n) is 11.0. The minimum Gasteiger partial charge on any atom is -0.396 e. The van der Waals surface area contributed by atoms with Crippen LogP contribution >= 0.6 is 0 Å². The average Bonchev–Trinajstić information content (AvgIpc) is 3.07. The molecule has 1 saturated heterocycles. The summed E-state index contributed by atoms with van der Waals surface area (Å²) in [5.41, 5.74) is 18.1. The number of nitrogens with one attached hydrogen (secondary N) is 2. The molecule has 0 aliphatic carbocycles. The predicted octanol–water partition coefficient (Wildman–Crippen LogP) is 2.32. The first-order valence-corrected chi connectivity index (χ1v) is 11.0. The van der Waals surface area contributed by atoms with E-state index in [0.717, 1.165) is 37.3 Å². The standard InChI is InChI=1S/C23H28F2N8/c1-31-20-10-15(17(24)11-21(20)32(2)30-31)16-12-28-23(33-7-5-14(26)6-8-33)29-22(16)13-3-4-19(27)18(25)9-13/h3-4,9-12,14,22,30H,5-8,26-27H2,1-2H3,(H,28,29). The number of benzene rings is 2. The maximum absolute atomic E-state index is 15.3. The number of nitrogens with zero attached hydrogens (tertiary/aromatic N) is 4. The van der Waals surface area contributed by atoms with Gasteiger partial charge < -0.3 is 21.7 Å².